The molecular weight excluding hydrogens is 343 g/mol. The summed E-state index contributed by atoms with van der Waals surface area (Å²) in [5, 5.41) is 0. The van der Waals surface area contributed by atoms with Crippen LogP contribution in [0.4, 0.5) is 0 Å². The molecular formula is C16H15BrCl2. The number of hydrogen-bond donors (Lipinski definition) is 0. The molecule has 0 radical (unpaired) electrons. The van der Waals surface area contributed by atoms with Crippen molar-refractivity contribution in [3.8, 4) is 0 Å². The van der Waals surface area contributed by atoms with Gasteiger partial charge in [-0.3, -0.25) is 0 Å². The lowest BCUT2D eigenvalue weighted by atomic mass is 9.79. The van der Waals surface area contributed by atoms with E-state index in [0.717, 1.165) is 10.9 Å². The van der Waals surface area contributed by atoms with Crippen LogP contribution in [0.5, 0.6) is 0 Å². The molecule has 3 heteroatoms. The zero-order valence-electron chi connectivity index (χ0n) is 10.5. The Morgan fingerprint density at radius 3 is 2.00 bits per heavy atom. The van der Waals surface area contributed by atoms with E-state index in [1.807, 2.05) is 36.4 Å². The molecule has 0 aliphatic heterocycles. The molecule has 0 saturated heterocycles. The molecule has 0 nitrogen and oxygen atoms in total. The van der Waals surface area contributed by atoms with Crippen molar-refractivity contribution in [1.82, 2.24) is 0 Å². The summed E-state index contributed by atoms with van der Waals surface area (Å²) < 4.78 is 1.06. The van der Waals surface area contributed by atoms with Crippen LogP contribution in [-0.4, -0.2) is 11.8 Å². The molecule has 100 valence electrons. The Labute approximate surface area is 132 Å². The second kappa shape index (κ2) is 6.78. The lowest BCUT2D eigenvalue weighted by molar-refractivity contribution is 0.534. The number of rotatable bonds is 5. The topological polar surface area (TPSA) is 0 Å². The second-order valence-corrected chi connectivity index (χ2v) is 6.08. The minimum atomic E-state index is -0.245. The standard InChI is InChI=1S/C16H15BrCl2/c17-15-9-5-4-8-14(15)16(11-18,12-19)10-13-6-2-1-3-7-13/h1-9H,10-12H2. The fourth-order valence-corrected chi connectivity index (χ4v) is 3.72. The number of hydrogen-bond acceptors (Lipinski definition) is 0. The van der Waals surface area contributed by atoms with Crippen LogP contribution >= 0.6 is 39.1 Å². The molecule has 0 bridgehead atoms. The van der Waals surface area contributed by atoms with E-state index in [9.17, 15) is 0 Å². The van der Waals surface area contributed by atoms with Gasteiger partial charge in [0.15, 0.2) is 0 Å². The van der Waals surface area contributed by atoms with E-state index in [-0.39, 0.29) is 5.41 Å². The fourth-order valence-electron chi connectivity index (χ4n) is 2.25. The Morgan fingerprint density at radius 2 is 1.42 bits per heavy atom. The molecule has 0 saturated carbocycles. The molecule has 19 heavy (non-hydrogen) atoms. The highest BCUT2D eigenvalue weighted by atomic mass is 79.9. The maximum absolute atomic E-state index is 6.28. The quantitative estimate of drug-likeness (QED) is 0.628. The third-order valence-electron chi connectivity index (χ3n) is 3.34. The summed E-state index contributed by atoms with van der Waals surface area (Å²) in [6.07, 6.45) is 0.837. The Balaban J connectivity index is 2.41. The van der Waals surface area contributed by atoms with Gasteiger partial charge in [0.25, 0.3) is 0 Å². The van der Waals surface area contributed by atoms with Crippen molar-refractivity contribution in [2.24, 2.45) is 0 Å². The molecule has 0 unspecified atom stereocenters. The van der Waals surface area contributed by atoms with E-state index < -0.39 is 0 Å². The zero-order valence-corrected chi connectivity index (χ0v) is 13.5. The summed E-state index contributed by atoms with van der Waals surface area (Å²) in [5.41, 5.74) is 2.17. The van der Waals surface area contributed by atoms with E-state index in [1.165, 1.54) is 11.1 Å². The van der Waals surface area contributed by atoms with Gasteiger partial charge >= 0.3 is 0 Å². The van der Waals surface area contributed by atoms with Crippen LogP contribution < -0.4 is 0 Å². The van der Waals surface area contributed by atoms with Crippen molar-refractivity contribution in [2.75, 3.05) is 11.8 Å². The van der Waals surface area contributed by atoms with Gasteiger partial charge in [-0.1, -0.05) is 64.5 Å². The summed E-state index contributed by atoms with van der Waals surface area (Å²) in [4.78, 5) is 0. The Bertz CT molecular complexity index is 521. The summed E-state index contributed by atoms with van der Waals surface area (Å²) >= 11 is 16.2. The highest BCUT2D eigenvalue weighted by Gasteiger charge is 2.32. The molecule has 0 amide bonds. The molecule has 2 rings (SSSR count). The molecule has 0 aliphatic carbocycles. The first-order valence-corrected chi connectivity index (χ1v) is 7.99. The summed E-state index contributed by atoms with van der Waals surface area (Å²) in [7, 11) is 0. The molecule has 2 aromatic carbocycles. The minimum Gasteiger partial charge on any atom is -0.126 e. The van der Waals surface area contributed by atoms with E-state index in [0.29, 0.717) is 11.8 Å². The van der Waals surface area contributed by atoms with E-state index >= 15 is 0 Å². The lowest BCUT2D eigenvalue weighted by Gasteiger charge is -2.31. The van der Waals surface area contributed by atoms with Gasteiger partial charge in [-0.25, -0.2) is 0 Å². The van der Waals surface area contributed by atoms with Gasteiger partial charge in [0.05, 0.1) is 0 Å². The maximum atomic E-state index is 6.28. The number of halogens is 3. The van der Waals surface area contributed by atoms with Crippen LogP contribution in [0.15, 0.2) is 59.1 Å². The van der Waals surface area contributed by atoms with Gasteiger partial charge in [-0.2, -0.15) is 0 Å². The maximum Gasteiger partial charge on any atom is 0.0335 e. The van der Waals surface area contributed by atoms with E-state index in [4.69, 9.17) is 23.2 Å². The van der Waals surface area contributed by atoms with Gasteiger partial charge in [0.1, 0.15) is 0 Å². The van der Waals surface area contributed by atoms with E-state index in [1.54, 1.807) is 0 Å². The molecule has 0 atom stereocenters. The number of benzene rings is 2. The van der Waals surface area contributed by atoms with Crippen LogP contribution in [0.3, 0.4) is 0 Å². The van der Waals surface area contributed by atoms with Gasteiger partial charge in [0.2, 0.25) is 0 Å². The van der Waals surface area contributed by atoms with Gasteiger partial charge in [0, 0.05) is 21.6 Å². The fraction of sp³-hybridized carbons (Fsp3) is 0.250. The molecule has 0 fully saturated rings. The van der Waals surface area contributed by atoms with Crippen LogP contribution in [-0.2, 0) is 11.8 Å². The third-order valence-corrected chi connectivity index (χ3v) is 5.06. The van der Waals surface area contributed by atoms with E-state index in [2.05, 4.69) is 34.1 Å². The first kappa shape index (κ1) is 14.9. The van der Waals surface area contributed by atoms with Crippen molar-refractivity contribution in [1.29, 1.82) is 0 Å². The smallest absolute Gasteiger partial charge is 0.0335 e. The van der Waals surface area contributed by atoms with Crippen LogP contribution in [0, 0.1) is 0 Å². The number of alkyl halides is 2. The predicted octanol–water partition coefficient (Wildman–Crippen LogP) is 5.41. The molecule has 0 aliphatic rings. The average molecular weight is 358 g/mol. The van der Waals surface area contributed by atoms with Crippen molar-refractivity contribution in [3.63, 3.8) is 0 Å². The van der Waals surface area contributed by atoms with Gasteiger partial charge < -0.3 is 0 Å². The van der Waals surface area contributed by atoms with Crippen molar-refractivity contribution >= 4 is 39.1 Å². The minimum absolute atomic E-state index is 0.245. The van der Waals surface area contributed by atoms with Crippen molar-refractivity contribution < 1.29 is 0 Å². The van der Waals surface area contributed by atoms with Crippen LogP contribution in [0.1, 0.15) is 11.1 Å². The van der Waals surface area contributed by atoms with Gasteiger partial charge in [-0.05, 0) is 23.6 Å². The highest BCUT2D eigenvalue weighted by Crippen LogP contribution is 2.36. The first-order chi connectivity index (χ1) is 9.22. The normalized spacial score (nSPS) is 11.5. The molecule has 0 aromatic heterocycles. The van der Waals surface area contributed by atoms with Crippen LogP contribution in [0.2, 0.25) is 0 Å². The lowest BCUT2D eigenvalue weighted by Crippen LogP contribution is -2.33. The summed E-state index contributed by atoms with van der Waals surface area (Å²) in [6.45, 7) is 0. The molecule has 0 heterocycles. The van der Waals surface area contributed by atoms with Gasteiger partial charge in [-0.15, -0.1) is 23.2 Å². The van der Waals surface area contributed by atoms with Crippen molar-refractivity contribution in [2.45, 2.75) is 11.8 Å². The zero-order chi connectivity index (χ0) is 13.7. The average Bonchev–Trinajstić information content (AvgIpc) is 2.47. The predicted molar refractivity (Wildman–Crippen MR) is 87.4 cm³/mol. The molecule has 0 N–H and O–H groups in total. The second-order valence-electron chi connectivity index (χ2n) is 4.69. The van der Waals surface area contributed by atoms with Crippen molar-refractivity contribution in [3.05, 3.63) is 70.2 Å². The van der Waals surface area contributed by atoms with Crippen LogP contribution in [0.25, 0.3) is 0 Å². The Hall–Kier alpha value is -0.500. The Morgan fingerprint density at radius 1 is 0.842 bits per heavy atom. The SMILES string of the molecule is ClCC(CCl)(Cc1ccccc1)c1ccccc1Br. The summed E-state index contributed by atoms with van der Waals surface area (Å²) in [5.74, 6) is 0.988. The largest absolute Gasteiger partial charge is 0.126 e. The molecule has 2 aromatic rings. The monoisotopic (exact) mass is 356 g/mol. The first-order valence-electron chi connectivity index (χ1n) is 6.13. The third kappa shape index (κ3) is 3.34. The Kier molecular flexibility index (Phi) is 5.32. The highest BCUT2D eigenvalue weighted by molar-refractivity contribution is 9.10. The summed E-state index contributed by atoms with van der Waals surface area (Å²) in [6, 6.07) is 18.5. The molecule has 0 spiro atoms.